The second-order valence-corrected chi connectivity index (χ2v) is 7.84. The number of ether oxygens (including phenoxy) is 1. The van der Waals surface area contributed by atoms with Gasteiger partial charge in [0.25, 0.3) is 0 Å². The number of carboxylic acid groups (broad SMARTS) is 1. The van der Waals surface area contributed by atoms with Crippen LogP contribution < -0.4 is 10.2 Å². The fraction of sp³-hybridized carbons (Fsp3) is 0.632. The Hall–Kier alpha value is -2.42. The quantitative estimate of drug-likeness (QED) is 0.806. The van der Waals surface area contributed by atoms with E-state index in [1.807, 2.05) is 4.90 Å². The van der Waals surface area contributed by atoms with E-state index in [1.54, 1.807) is 11.1 Å². The van der Waals surface area contributed by atoms with E-state index in [2.05, 4.69) is 10.3 Å². The summed E-state index contributed by atoms with van der Waals surface area (Å²) in [5.41, 5.74) is -0.236. The highest BCUT2D eigenvalue weighted by Crippen LogP contribution is 2.48. The number of aromatic nitrogens is 1. The van der Waals surface area contributed by atoms with Gasteiger partial charge in [-0.3, -0.25) is 4.79 Å². The SMILES string of the molecule is O=C(NCc1cnc(N2CCOCC2)c(F)c1)N1C[C@@H]2CCC[C@@]2(C(=O)O)C1. The van der Waals surface area contributed by atoms with Crippen LogP contribution in [0.1, 0.15) is 24.8 Å². The van der Waals surface area contributed by atoms with Crippen molar-refractivity contribution in [3.63, 3.8) is 0 Å². The highest BCUT2D eigenvalue weighted by molar-refractivity contribution is 5.80. The van der Waals surface area contributed by atoms with E-state index < -0.39 is 17.2 Å². The Morgan fingerprint density at radius 2 is 2.18 bits per heavy atom. The molecule has 9 heteroatoms. The molecule has 1 aromatic heterocycles. The summed E-state index contributed by atoms with van der Waals surface area (Å²) in [6.45, 7) is 3.14. The third-order valence-electron chi connectivity index (χ3n) is 6.22. The van der Waals surface area contributed by atoms with E-state index in [9.17, 15) is 19.1 Å². The molecule has 3 heterocycles. The number of hydrogen-bond acceptors (Lipinski definition) is 5. The summed E-state index contributed by atoms with van der Waals surface area (Å²) in [7, 11) is 0. The van der Waals surface area contributed by atoms with Gasteiger partial charge < -0.3 is 25.0 Å². The predicted molar refractivity (Wildman–Crippen MR) is 98.4 cm³/mol. The van der Waals surface area contributed by atoms with Crippen molar-refractivity contribution in [2.45, 2.75) is 25.8 Å². The first kappa shape index (κ1) is 18.9. The van der Waals surface area contributed by atoms with Gasteiger partial charge >= 0.3 is 12.0 Å². The smallest absolute Gasteiger partial charge is 0.317 e. The summed E-state index contributed by atoms with van der Waals surface area (Å²) < 4.78 is 19.7. The standard InChI is InChI=1S/C19H25FN4O4/c20-15-8-13(9-21-16(15)23-4-6-28-7-5-23)10-22-18(27)24-11-14-2-1-3-19(14,12-24)17(25)26/h8-9,14H,1-7,10-12H2,(H,22,27)(H,25,26)/t14-,19+/m0/s1. The number of carbonyl (C=O) groups excluding carboxylic acids is 1. The molecular weight excluding hydrogens is 367 g/mol. The molecule has 2 saturated heterocycles. The maximum Gasteiger partial charge on any atom is 0.317 e. The summed E-state index contributed by atoms with van der Waals surface area (Å²) in [6, 6.07) is 1.07. The summed E-state index contributed by atoms with van der Waals surface area (Å²) in [5.74, 6) is -0.915. The lowest BCUT2D eigenvalue weighted by atomic mass is 9.81. The van der Waals surface area contributed by atoms with Gasteiger partial charge in [0.05, 0.1) is 18.6 Å². The fourth-order valence-electron chi connectivity index (χ4n) is 4.66. The van der Waals surface area contributed by atoms with E-state index in [0.29, 0.717) is 50.7 Å². The number of anilines is 1. The minimum absolute atomic E-state index is 0.0164. The van der Waals surface area contributed by atoms with Gasteiger partial charge in [-0.1, -0.05) is 6.42 Å². The summed E-state index contributed by atoms with van der Waals surface area (Å²) in [4.78, 5) is 31.9. The molecule has 2 N–H and O–H groups in total. The van der Waals surface area contributed by atoms with Crippen LogP contribution >= 0.6 is 0 Å². The van der Waals surface area contributed by atoms with Crippen LogP contribution in [-0.4, -0.2) is 66.4 Å². The molecule has 2 aliphatic heterocycles. The number of carbonyl (C=O) groups is 2. The van der Waals surface area contributed by atoms with Crippen LogP contribution in [-0.2, 0) is 16.1 Å². The van der Waals surface area contributed by atoms with Crippen molar-refractivity contribution >= 4 is 17.8 Å². The molecule has 2 atom stereocenters. The van der Waals surface area contributed by atoms with E-state index in [0.717, 1.165) is 12.8 Å². The Morgan fingerprint density at radius 3 is 2.86 bits per heavy atom. The number of hydrogen-bond donors (Lipinski definition) is 2. The molecule has 2 amide bonds. The number of pyridine rings is 1. The fourth-order valence-corrected chi connectivity index (χ4v) is 4.66. The van der Waals surface area contributed by atoms with Gasteiger partial charge in [-0.25, -0.2) is 14.2 Å². The first-order valence-electron chi connectivity index (χ1n) is 9.73. The van der Waals surface area contributed by atoms with Crippen LogP contribution in [0.25, 0.3) is 0 Å². The summed E-state index contributed by atoms with van der Waals surface area (Å²) in [6.07, 6.45) is 3.92. The first-order chi connectivity index (χ1) is 13.5. The topological polar surface area (TPSA) is 95.0 Å². The van der Waals surface area contributed by atoms with Crippen LogP contribution in [0.2, 0.25) is 0 Å². The van der Waals surface area contributed by atoms with Crippen molar-refractivity contribution in [3.8, 4) is 0 Å². The van der Waals surface area contributed by atoms with Gasteiger partial charge in [-0.05, 0) is 30.4 Å². The lowest BCUT2D eigenvalue weighted by Gasteiger charge is -2.28. The molecule has 152 valence electrons. The molecule has 0 radical (unpaired) electrons. The highest BCUT2D eigenvalue weighted by atomic mass is 19.1. The van der Waals surface area contributed by atoms with E-state index in [-0.39, 0.29) is 25.0 Å². The lowest BCUT2D eigenvalue weighted by Crippen LogP contribution is -2.41. The average Bonchev–Trinajstić information content (AvgIpc) is 3.25. The van der Waals surface area contributed by atoms with Crippen molar-refractivity contribution in [1.29, 1.82) is 0 Å². The second kappa shape index (κ2) is 7.54. The number of rotatable bonds is 4. The lowest BCUT2D eigenvalue weighted by molar-refractivity contribution is -0.149. The number of amides is 2. The van der Waals surface area contributed by atoms with Gasteiger partial charge in [-0.15, -0.1) is 0 Å². The Bertz CT molecular complexity index is 770. The Balaban J connectivity index is 1.35. The maximum absolute atomic E-state index is 14.4. The molecule has 0 unspecified atom stereocenters. The first-order valence-corrected chi connectivity index (χ1v) is 9.73. The molecule has 0 bridgehead atoms. The Morgan fingerprint density at radius 1 is 1.39 bits per heavy atom. The molecule has 0 spiro atoms. The molecule has 28 heavy (non-hydrogen) atoms. The Kier molecular flexibility index (Phi) is 5.09. The Labute approximate surface area is 162 Å². The largest absolute Gasteiger partial charge is 0.481 e. The number of morpholine rings is 1. The normalized spacial score (nSPS) is 27.0. The van der Waals surface area contributed by atoms with Gasteiger partial charge in [0, 0.05) is 38.9 Å². The monoisotopic (exact) mass is 392 g/mol. The number of carboxylic acids is 1. The van der Waals surface area contributed by atoms with Gasteiger partial charge in [-0.2, -0.15) is 0 Å². The second-order valence-electron chi connectivity index (χ2n) is 7.84. The average molecular weight is 392 g/mol. The van der Waals surface area contributed by atoms with Gasteiger partial charge in [0.1, 0.15) is 0 Å². The number of aliphatic carboxylic acids is 1. The molecule has 1 aromatic rings. The van der Waals surface area contributed by atoms with Crippen LogP contribution in [0.5, 0.6) is 0 Å². The minimum atomic E-state index is -0.810. The molecule has 3 aliphatic rings. The van der Waals surface area contributed by atoms with Crippen LogP contribution in [0.4, 0.5) is 15.0 Å². The molecule has 8 nitrogen and oxygen atoms in total. The van der Waals surface area contributed by atoms with Gasteiger partial charge in [0.2, 0.25) is 0 Å². The molecule has 1 aliphatic carbocycles. The molecular formula is C19H25FN4O4. The minimum Gasteiger partial charge on any atom is -0.481 e. The number of urea groups is 1. The van der Waals surface area contributed by atoms with Crippen molar-refractivity contribution in [2.75, 3.05) is 44.3 Å². The van der Waals surface area contributed by atoms with Crippen molar-refractivity contribution in [1.82, 2.24) is 15.2 Å². The maximum atomic E-state index is 14.4. The number of likely N-dealkylation sites (tertiary alicyclic amines) is 1. The van der Waals surface area contributed by atoms with E-state index >= 15 is 0 Å². The number of nitrogens with zero attached hydrogens (tertiary/aromatic N) is 3. The van der Waals surface area contributed by atoms with Crippen molar-refractivity contribution in [3.05, 3.63) is 23.6 Å². The molecule has 3 fully saturated rings. The number of fused-ring (bicyclic) bond motifs is 1. The van der Waals surface area contributed by atoms with E-state index in [1.165, 1.54) is 6.07 Å². The number of nitrogens with one attached hydrogen (secondary N) is 1. The zero-order valence-corrected chi connectivity index (χ0v) is 15.7. The van der Waals surface area contributed by atoms with E-state index in [4.69, 9.17) is 4.74 Å². The van der Waals surface area contributed by atoms with Crippen molar-refractivity contribution < 1.29 is 23.8 Å². The van der Waals surface area contributed by atoms with Gasteiger partial charge in [0.15, 0.2) is 11.6 Å². The van der Waals surface area contributed by atoms with Crippen LogP contribution in [0.3, 0.4) is 0 Å². The summed E-state index contributed by atoms with van der Waals surface area (Å²) in [5, 5.41) is 12.4. The molecule has 0 aromatic carbocycles. The van der Waals surface area contributed by atoms with Crippen molar-refractivity contribution in [2.24, 2.45) is 11.3 Å². The third kappa shape index (κ3) is 3.39. The third-order valence-corrected chi connectivity index (χ3v) is 6.22. The zero-order chi connectivity index (χ0) is 19.7. The van der Waals surface area contributed by atoms with Crippen LogP contribution in [0, 0.1) is 17.2 Å². The number of halogens is 1. The zero-order valence-electron chi connectivity index (χ0n) is 15.7. The molecule has 4 rings (SSSR count). The highest BCUT2D eigenvalue weighted by Gasteiger charge is 2.55. The van der Waals surface area contributed by atoms with Crippen LogP contribution in [0.15, 0.2) is 12.3 Å². The summed E-state index contributed by atoms with van der Waals surface area (Å²) >= 11 is 0. The predicted octanol–water partition coefficient (Wildman–Crippen LogP) is 1.45. The molecule has 1 saturated carbocycles.